The molecule has 0 fully saturated rings. The van der Waals surface area contributed by atoms with E-state index in [-0.39, 0.29) is 5.97 Å². The van der Waals surface area contributed by atoms with Crippen molar-refractivity contribution in [2.75, 3.05) is 99.1 Å². The van der Waals surface area contributed by atoms with Crippen LogP contribution in [0, 0.1) is 0 Å². The van der Waals surface area contributed by atoms with Crippen LogP contribution in [-0.2, 0) is 42.7 Å². The van der Waals surface area contributed by atoms with Crippen LogP contribution in [0.5, 0.6) is 0 Å². The molecule has 0 spiro atoms. The molecule has 9 nitrogen and oxygen atoms in total. The topological polar surface area (TPSA) is 90.9 Å². The first kappa shape index (κ1) is 30.2. The summed E-state index contributed by atoms with van der Waals surface area (Å²) in [4.78, 5) is 11.4. The third-order valence-corrected chi connectivity index (χ3v) is 3.91. The Morgan fingerprint density at radius 2 is 0.839 bits per heavy atom. The first-order valence-corrected chi connectivity index (χ1v) is 11.5. The van der Waals surface area contributed by atoms with Gasteiger partial charge in [0, 0.05) is 13.0 Å². The van der Waals surface area contributed by atoms with Crippen LogP contribution in [0.3, 0.4) is 0 Å². The number of ether oxygens (including phenoxy) is 8. The maximum atomic E-state index is 11.4. The van der Waals surface area contributed by atoms with Gasteiger partial charge in [0.1, 0.15) is 6.61 Å². The van der Waals surface area contributed by atoms with Crippen LogP contribution in [0.2, 0.25) is 0 Å². The molecule has 0 N–H and O–H groups in total. The van der Waals surface area contributed by atoms with E-state index in [0.29, 0.717) is 106 Å². The molecule has 0 aliphatic carbocycles. The summed E-state index contributed by atoms with van der Waals surface area (Å²) in [6.45, 7) is 11.9. The van der Waals surface area contributed by atoms with Crippen LogP contribution in [0.1, 0.15) is 39.5 Å². The fraction of sp³-hybridized carbons (Fsp3) is 0.955. The smallest absolute Gasteiger partial charge is 0.305 e. The molecule has 0 saturated carbocycles. The summed E-state index contributed by atoms with van der Waals surface area (Å²) < 4.78 is 42.5. The Morgan fingerprint density at radius 1 is 0.484 bits per heavy atom. The van der Waals surface area contributed by atoms with Gasteiger partial charge in [0.25, 0.3) is 0 Å². The predicted octanol–water partition coefficient (Wildman–Crippen LogP) is 2.25. The maximum absolute atomic E-state index is 11.4. The van der Waals surface area contributed by atoms with Gasteiger partial charge in [-0.05, 0) is 13.3 Å². The molecule has 0 amide bonds. The van der Waals surface area contributed by atoms with Crippen LogP contribution in [-0.4, -0.2) is 105 Å². The number of rotatable bonds is 26. The zero-order chi connectivity index (χ0) is 22.7. The molecule has 0 heterocycles. The van der Waals surface area contributed by atoms with Crippen molar-refractivity contribution < 1.29 is 42.7 Å². The van der Waals surface area contributed by atoms with Crippen molar-refractivity contribution in [1.82, 2.24) is 0 Å². The van der Waals surface area contributed by atoms with Crippen LogP contribution in [0.25, 0.3) is 0 Å². The van der Waals surface area contributed by atoms with Gasteiger partial charge in [0.2, 0.25) is 0 Å². The molecule has 0 bridgehead atoms. The molecule has 0 aliphatic rings. The third kappa shape index (κ3) is 27.2. The molecule has 0 radical (unpaired) electrons. The van der Waals surface area contributed by atoms with Gasteiger partial charge in [-0.1, -0.05) is 19.8 Å². The van der Waals surface area contributed by atoms with Gasteiger partial charge in [0.05, 0.1) is 85.9 Å². The van der Waals surface area contributed by atoms with Crippen LogP contribution in [0.4, 0.5) is 0 Å². The quantitative estimate of drug-likeness (QED) is 0.145. The van der Waals surface area contributed by atoms with E-state index < -0.39 is 0 Å². The summed E-state index contributed by atoms with van der Waals surface area (Å²) in [6.07, 6.45) is 3.53. The predicted molar refractivity (Wildman–Crippen MR) is 117 cm³/mol. The number of carbonyl (C=O) groups excluding carboxylic acids is 1. The summed E-state index contributed by atoms with van der Waals surface area (Å²) in [7, 11) is 0. The Bertz CT molecular complexity index is 356. The first-order chi connectivity index (χ1) is 15.3. The van der Waals surface area contributed by atoms with Gasteiger partial charge in [-0.25, -0.2) is 0 Å². The van der Waals surface area contributed by atoms with Crippen molar-refractivity contribution in [1.29, 1.82) is 0 Å². The fourth-order valence-corrected chi connectivity index (χ4v) is 2.27. The molecule has 0 aromatic carbocycles. The fourth-order valence-electron chi connectivity index (χ4n) is 2.27. The molecule has 0 saturated heterocycles. The summed E-state index contributed by atoms with van der Waals surface area (Å²) in [5.41, 5.74) is 0. The van der Waals surface area contributed by atoms with E-state index in [0.717, 1.165) is 19.3 Å². The molecular formula is C22H44O9. The van der Waals surface area contributed by atoms with Crippen molar-refractivity contribution in [2.45, 2.75) is 39.5 Å². The molecule has 9 heteroatoms. The van der Waals surface area contributed by atoms with Gasteiger partial charge >= 0.3 is 5.97 Å². The Labute approximate surface area is 187 Å². The summed E-state index contributed by atoms with van der Waals surface area (Å²) in [5, 5.41) is 0. The van der Waals surface area contributed by atoms with E-state index in [1.54, 1.807) is 0 Å². The highest BCUT2D eigenvalue weighted by molar-refractivity contribution is 5.69. The molecule has 0 atom stereocenters. The van der Waals surface area contributed by atoms with Crippen molar-refractivity contribution in [3.8, 4) is 0 Å². The third-order valence-electron chi connectivity index (χ3n) is 3.91. The second-order valence-corrected chi connectivity index (χ2v) is 6.55. The molecule has 0 aromatic rings. The highest BCUT2D eigenvalue weighted by atomic mass is 16.6. The molecule has 0 unspecified atom stereocenters. The average Bonchev–Trinajstić information content (AvgIpc) is 2.77. The molecule has 186 valence electrons. The number of esters is 1. The zero-order valence-electron chi connectivity index (χ0n) is 19.6. The molecule has 0 rings (SSSR count). The van der Waals surface area contributed by atoms with Crippen LogP contribution >= 0.6 is 0 Å². The number of hydrogen-bond acceptors (Lipinski definition) is 9. The highest BCUT2D eigenvalue weighted by Crippen LogP contribution is 2.00. The van der Waals surface area contributed by atoms with Crippen LogP contribution < -0.4 is 0 Å². The molecule has 31 heavy (non-hydrogen) atoms. The highest BCUT2D eigenvalue weighted by Gasteiger charge is 2.01. The lowest BCUT2D eigenvalue weighted by Crippen LogP contribution is -2.15. The van der Waals surface area contributed by atoms with E-state index in [1.165, 1.54) is 0 Å². The van der Waals surface area contributed by atoms with Crippen molar-refractivity contribution in [3.05, 3.63) is 0 Å². The Kier molecular flexibility index (Phi) is 26.5. The van der Waals surface area contributed by atoms with Crippen molar-refractivity contribution in [3.63, 3.8) is 0 Å². The Balaban J connectivity index is 3.06. The normalized spacial score (nSPS) is 11.2. The SMILES string of the molecule is CCCCCC(=O)OCCOCCOCCOCCOCCOCCOCCOCC. The second-order valence-electron chi connectivity index (χ2n) is 6.55. The van der Waals surface area contributed by atoms with Gasteiger partial charge in [-0.2, -0.15) is 0 Å². The van der Waals surface area contributed by atoms with Gasteiger partial charge in [-0.15, -0.1) is 0 Å². The standard InChI is InChI=1S/C22H44O9/c1-3-5-6-7-22(23)31-21-20-30-19-18-29-17-16-28-15-14-27-13-12-26-11-10-25-9-8-24-4-2/h3-21H2,1-2H3. The minimum absolute atomic E-state index is 0.152. The Morgan fingerprint density at radius 3 is 1.19 bits per heavy atom. The summed E-state index contributed by atoms with van der Waals surface area (Å²) in [5.74, 6) is -0.152. The first-order valence-electron chi connectivity index (χ1n) is 11.5. The van der Waals surface area contributed by atoms with Gasteiger partial charge < -0.3 is 37.9 Å². The zero-order valence-corrected chi connectivity index (χ0v) is 19.6. The van der Waals surface area contributed by atoms with Crippen molar-refractivity contribution in [2.24, 2.45) is 0 Å². The van der Waals surface area contributed by atoms with E-state index in [2.05, 4.69) is 6.92 Å². The molecule has 0 aliphatic heterocycles. The van der Waals surface area contributed by atoms with Gasteiger partial charge in [0.15, 0.2) is 0 Å². The number of unbranched alkanes of at least 4 members (excludes halogenated alkanes) is 2. The van der Waals surface area contributed by atoms with E-state index in [4.69, 9.17) is 37.9 Å². The molecule has 0 aromatic heterocycles. The summed E-state index contributed by atoms with van der Waals surface area (Å²) in [6, 6.07) is 0. The Hall–Kier alpha value is -0.810. The minimum Gasteiger partial charge on any atom is -0.463 e. The van der Waals surface area contributed by atoms with Gasteiger partial charge in [-0.3, -0.25) is 4.79 Å². The monoisotopic (exact) mass is 452 g/mol. The average molecular weight is 453 g/mol. The van der Waals surface area contributed by atoms with Crippen LogP contribution in [0.15, 0.2) is 0 Å². The largest absolute Gasteiger partial charge is 0.463 e. The minimum atomic E-state index is -0.152. The van der Waals surface area contributed by atoms with E-state index in [1.807, 2.05) is 6.92 Å². The maximum Gasteiger partial charge on any atom is 0.305 e. The van der Waals surface area contributed by atoms with E-state index >= 15 is 0 Å². The lowest BCUT2D eigenvalue weighted by molar-refractivity contribution is -0.145. The number of carbonyl (C=O) groups is 1. The van der Waals surface area contributed by atoms with E-state index in [9.17, 15) is 4.79 Å². The molecular weight excluding hydrogens is 408 g/mol. The van der Waals surface area contributed by atoms with Crippen molar-refractivity contribution >= 4 is 5.97 Å². The summed E-state index contributed by atoms with van der Waals surface area (Å²) >= 11 is 0. The number of hydrogen-bond donors (Lipinski definition) is 0. The second kappa shape index (κ2) is 27.2. The lowest BCUT2D eigenvalue weighted by atomic mass is 10.2. The lowest BCUT2D eigenvalue weighted by Gasteiger charge is -2.08.